The van der Waals surface area contributed by atoms with Gasteiger partial charge in [0.2, 0.25) is 0 Å². The standard InChI is InChI=1S/C16H19N3O/c1-11-5-4-6-12(9-11)18-19-16(20)14-10-17-15-8-3-2-7-13(14)15/h2-3,7-8,10-11,17H,4-6,9H2,1H3,(H,19,20)/b18-12+. The number of benzene rings is 1. The number of hydrogen-bond donors (Lipinski definition) is 2. The van der Waals surface area contributed by atoms with Crippen LogP contribution in [0.25, 0.3) is 10.9 Å². The van der Waals surface area contributed by atoms with Crippen molar-refractivity contribution < 1.29 is 4.79 Å². The summed E-state index contributed by atoms with van der Waals surface area (Å²) >= 11 is 0. The van der Waals surface area contributed by atoms with E-state index in [1.807, 2.05) is 24.3 Å². The topological polar surface area (TPSA) is 57.2 Å². The smallest absolute Gasteiger partial charge is 0.273 e. The molecule has 0 spiro atoms. The molecule has 1 aliphatic rings. The van der Waals surface area contributed by atoms with Gasteiger partial charge in [0.05, 0.1) is 5.56 Å². The van der Waals surface area contributed by atoms with Gasteiger partial charge in [-0.15, -0.1) is 0 Å². The van der Waals surface area contributed by atoms with Gasteiger partial charge in [-0.1, -0.05) is 25.1 Å². The molecule has 0 bridgehead atoms. The number of nitrogens with one attached hydrogen (secondary N) is 2. The highest BCUT2D eigenvalue weighted by molar-refractivity contribution is 6.07. The second-order valence-corrected chi connectivity index (χ2v) is 5.57. The van der Waals surface area contributed by atoms with E-state index < -0.39 is 0 Å². The van der Waals surface area contributed by atoms with Crippen molar-refractivity contribution in [2.75, 3.05) is 0 Å². The first-order valence-electron chi connectivity index (χ1n) is 7.16. The molecule has 1 heterocycles. The van der Waals surface area contributed by atoms with E-state index in [0.29, 0.717) is 11.5 Å². The summed E-state index contributed by atoms with van der Waals surface area (Å²) in [5.74, 6) is 0.528. The van der Waals surface area contributed by atoms with E-state index in [4.69, 9.17) is 0 Å². The van der Waals surface area contributed by atoms with Crippen LogP contribution in [0.2, 0.25) is 0 Å². The Bertz CT molecular complexity index is 657. The number of carbonyl (C=O) groups excluding carboxylic acids is 1. The zero-order valence-electron chi connectivity index (χ0n) is 11.6. The lowest BCUT2D eigenvalue weighted by molar-refractivity contribution is 0.0956. The van der Waals surface area contributed by atoms with Gasteiger partial charge in [0, 0.05) is 22.8 Å². The van der Waals surface area contributed by atoms with Crippen LogP contribution >= 0.6 is 0 Å². The predicted octanol–water partition coefficient (Wildman–Crippen LogP) is 3.46. The van der Waals surface area contributed by atoms with Crippen LogP contribution in [0.15, 0.2) is 35.6 Å². The quantitative estimate of drug-likeness (QED) is 0.806. The zero-order valence-corrected chi connectivity index (χ0v) is 11.6. The van der Waals surface area contributed by atoms with Gasteiger partial charge in [-0.25, -0.2) is 5.43 Å². The first-order valence-corrected chi connectivity index (χ1v) is 7.16. The van der Waals surface area contributed by atoms with Crippen LogP contribution in [-0.4, -0.2) is 16.6 Å². The van der Waals surface area contributed by atoms with Crippen LogP contribution in [0.5, 0.6) is 0 Å². The van der Waals surface area contributed by atoms with E-state index in [9.17, 15) is 4.79 Å². The molecule has 3 rings (SSSR count). The van der Waals surface area contributed by atoms with Gasteiger partial charge < -0.3 is 4.98 Å². The Labute approximate surface area is 118 Å². The largest absolute Gasteiger partial charge is 0.360 e. The van der Waals surface area contributed by atoms with Crippen LogP contribution in [0.3, 0.4) is 0 Å². The summed E-state index contributed by atoms with van der Waals surface area (Å²) in [6.45, 7) is 2.23. The Morgan fingerprint density at radius 3 is 3.10 bits per heavy atom. The average molecular weight is 269 g/mol. The molecule has 1 aliphatic carbocycles. The minimum Gasteiger partial charge on any atom is -0.360 e. The summed E-state index contributed by atoms with van der Waals surface area (Å²) < 4.78 is 0. The molecule has 0 radical (unpaired) electrons. The van der Waals surface area contributed by atoms with E-state index >= 15 is 0 Å². The van der Waals surface area contributed by atoms with E-state index in [0.717, 1.165) is 29.5 Å². The summed E-state index contributed by atoms with van der Waals surface area (Å²) in [5.41, 5.74) is 5.42. The highest BCUT2D eigenvalue weighted by Crippen LogP contribution is 2.21. The molecule has 104 valence electrons. The van der Waals surface area contributed by atoms with E-state index in [-0.39, 0.29) is 5.91 Å². The number of aromatic amines is 1. The van der Waals surface area contributed by atoms with Crippen LogP contribution in [0.1, 0.15) is 43.0 Å². The van der Waals surface area contributed by atoms with Crippen molar-refractivity contribution in [1.82, 2.24) is 10.4 Å². The number of rotatable bonds is 2. The van der Waals surface area contributed by atoms with Crippen molar-refractivity contribution >= 4 is 22.5 Å². The minimum atomic E-state index is -0.145. The SMILES string of the molecule is CC1CCC/C(=N\NC(=O)c2c[nH]c3ccccc23)C1. The molecule has 2 N–H and O–H groups in total. The Kier molecular flexibility index (Phi) is 3.54. The van der Waals surface area contributed by atoms with Crippen molar-refractivity contribution in [2.45, 2.75) is 32.6 Å². The average Bonchev–Trinajstić information content (AvgIpc) is 2.89. The third kappa shape index (κ3) is 2.59. The second kappa shape index (κ2) is 5.49. The molecule has 4 nitrogen and oxygen atoms in total. The molecule has 1 saturated carbocycles. The summed E-state index contributed by atoms with van der Waals surface area (Å²) in [6, 6.07) is 7.78. The number of fused-ring (bicyclic) bond motifs is 1. The summed E-state index contributed by atoms with van der Waals surface area (Å²) in [5, 5.41) is 5.23. The highest BCUT2D eigenvalue weighted by atomic mass is 16.2. The third-order valence-corrected chi connectivity index (χ3v) is 3.90. The maximum Gasteiger partial charge on any atom is 0.273 e. The monoisotopic (exact) mass is 269 g/mol. The van der Waals surface area contributed by atoms with Gasteiger partial charge in [0.25, 0.3) is 5.91 Å². The predicted molar refractivity (Wildman–Crippen MR) is 80.8 cm³/mol. The fraction of sp³-hybridized carbons (Fsp3) is 0.375. The van der Waals surface area contributed by atoms with E-state index in [2.05, 4.69) is 22.4 Å². The lowest BCUT2D eigenvalue weighted by Gasteiger charge is -2.18. The van der Waals surface area contributed by atoms with Crippen molar-refractivity contribution in [3.05, 3.63) is 36.0 Å². The Morgan fingerprint density at radius 2 is 2.25 bits per heavy atom. The number of amides is 1. The number of hydrogen-bond acceptors (Lipinski definition) is 2. The van der Waals surface area contributed by atoms with Crippen molar-refractivity contribution in [1.29, 1.82) is 0 Å². The first-order chi connectivity index (χ1) is 9.74. The third-order valence-electron chi connectivity index (χ3n) is 3.90. The first kappa shape index (κ1) is 12.9. The fourth-order valence-electron chi connectivity index (χ4n) is 2.81. The number of carbonyl (C=O) groups is 1. The Morgan fingerprint density at radius 1 is 1.40 bits per heavy atom. The maximum atomic E-state index is 12.2. The molecule has 0 saturated heterocycles. The van der Waals surface area contributed by atoms with Gasteiger partial charge >= 0.3 is 0 Å². The van der Waals surface area contributed by atoms with Crippen LogP contribution < -0.4 is 5.43 Å². The normalized spacial score (nSPS) is 21.2. The van der Waals surface area contributed by atoms with Gasteiger partial charge in [0.15, 0.2) is 0 Å². The molecular formula is C16H19N3O. The van der Waals surface area contributed by atoms with Crippen LogP contribution in [0, 0.1) is 5.92 Å². The lowest BCUT2D eigenvalue weighted by atomic mass is 9.89. The second-order valence-electron chi connectivity index (χ2n) is 5.57. The van der Waals surface area contributed by atoms with E-state index in [1.165, 1.54) is 12.8 Å². The van der Waals surface area contributed by atoms with Gasteiger partial charge in [-0.3, -0.25) is 4.79 Å². The number of nitrogens with zero attached hydrogens (tertiary/aromatic N) is 1. The molecule has 0 aliphatic heterocycles. The lowest BCUT2D eigenvalue weighted by Crippen LogP contribution is -2.22. The molecule has 1 unspecified atom stereocenters. The van der Waals surface area contributed by atoms with Gasteiger partial charge in [0.1, 0.15) is 0 Å². The number of H-pyrrole nitrogens is 1. The molecule has 4 heteroatoms. The number of hydrazone groups is 1. The highest BCUT2D eigenvalue weighted by Gasteiger charge is 2.15. The van der Waals surface area contributed by atoms with Gasteiger partial charge in [-0.2, -0.15) is 5.10 Å². The molecule has 1 aromatic carbocycles. The molecule has 1 amide bonds. The van der Waals surface area contributed by atoms with Crippen LogP contribution in [0.4, 0.5) is 0 Å². The Balaban J connectivity index is 1.75. The maximum absolute atomic E-state index is 12.2. The minimum absolute atomic E-state index is 0.145. The fourth-order valence-corrected chi connectivity index (χ4v) is 2.81. The van der Waals surface area contributed by atoms with Crippen molar-refractivity contribution in [3.63, 3.8) is 0 Å². The number of para-hydroxylation sites is 1. The molecular weight excluding hydrogens is 250 g/mol. The summed E-state index contributed by atoms with van der Waals surface area (Å²) in [6.07, 6.45) is 6.16. The molecule has 2 aromatic rings. The Hall–Kier alpha value is -2.10. The number of aromatic nitrogens is 1. The summed E-state index contributed by atoms with van der Waals surface area (Å²) in [4.78, 5) is 15.3. The van der Waals surface area contributed by atoms with Crippen molar-refractivity contribution in [2.24, 2.45) is 11.0 Å². The summed E-state index contributed by atoms with van der Waals surface area (Å²) in [7, 11) is 0. The molecule has 20 heavy (non-hydrogen) atoms. The van der Waals surface area contributed by atoms with E-state index in [1.54, 1.807) is 6.20 Å². The molecule has 1 fully saturated rings. The molecule has 1 atom stereocenters. The molecule has 1 aromatic heterocycles. The van der Waals surface area contributed by atoms with Crippen LogP contribution in [-0.2, 0) is 0 Å². The van der Waals surface area contributed by atoms with Gasteiger partial charge in [-0.05, 0) is 37.7 Å². The zero-order chi connectivity index (χ0) is 13.9. The van der Waals surface area contributed by atoms with Crippen molar-refractivity contribution in [3.8, 4) is 0 Å².